The third-order valence-corrected chi connectivity index (χ3v) is 3.26. The predicted molar refractivity (Wildman–Crippen MR) is 65.1 cm³/mol. The monoisotopic (exact) mass is 284 g/mol. The van der Waals surface area contributed by atoms with Gasteiger partial charge in [-0.25, -0.2) is 14.4 Å². The van der Waals surface area contributed by atoms with Gasteiger partial charge in [0.2, 0.25) is 5.28 Å². The molecule has 0 saturated heterocycles. The van der Waals surface area contributed by atoms with Gasteiger partial charge in [0, 0.05) is 5.56 Å². The van der Waals surface area contributed by atoms with Crippen LogP contribution in [0.5, 0.6) is 0 Å². The number of nitrogens with zero attached hydrogens (tertiary/aromatic N) is 2. The van der Waals surface area contributed by atoms with E-state index in [4.69, 9.17) is 27.9 Å². The summed E-state index contributed by atoms with van der Waals surface area (Å²) in [4.78, 5) is 8.01. The minimum absolute atomic E-state index is 0.0800. The van der Waals surface area contributed by atoms with Crippen LogP contribution in [-0.2, 0) is 11.3 Å². The van der Waals surface area contributed by atoms with Crippen molar-refractivity contribution in [1.82, 2.24) is 9.97 Å². The van der Waals surface area contributed by atoms with Crippen LogP contribution in [0, 0.1) is 5.82 Å². The number of hydrogen-bond donors (Lipinski definition) is 0. The molecule has 3 rings (SSSR count). The highest BCUT2D eigenvalue weighted by Gasteiger charge is 2.29. The molecule has 0 saturated carbocycles. The Morgan fingerprint density at radius 3 is 2.61 bits per heavy atom. The minimum Gasteiger partial charge on any atom is -0.362 e. The van der Waals surface area contributed by atoms with Crippen LogP contribution in [0.15, 0.2) is 24.3 Å². The van der Waals surface area contributed by atoms with Gasteiger partial charge in [-0.15, -0.1) is 0 Å². The Balaban J connectivity index is 2.07. The van der Waals surface area contributed by atoms with Crippen molar-refractivity contribution in [1.29, 1.82) is 0 Å². The Hall–Kier alpha value is -1.23. The topological polar surface area (TPSA) is 35.0 Å². The average molecular weight is 285 g/mol. The molecule has 92 valence electrons. The van der Waals surface area contributed by atoms with E-state index in [0.29, 0.717) is 17.5 Å². The second kappa shape index (κ2) is 4.46. The lowest BCUT2D eigenvalue weighted by Gasteiger charge is -2.10. The highest BCUT2D eigenvalue weighted by molar-refractivity contribution is 6.32. The maximum absolute atomic E-state index is 12.9. The lowest BCUT2D eigenvalue weighted by atomic mass is 10.1. The quantitative estimate of drug-likeness (QED) is 0.593. The van der Waals surface area contributed by atoms with Crippen LogP contribution in [0.1, 0.15) is 22.9 Å². The maximum atomic E-state index is 12.9. The van der Waals surface area contributed by atoms with Crippen molar-refractivity contribution in [3.05, 3.63) is 57.3 Å². The molecule has 0 spiro atoms. The SMILES string of the molecule is Fc1ccc(C2OCc3c(Cl)nc(Cl)nc32)cc1. The van der Waals surface area contributed by atoms with E-state index >= 15 is 0 Å². The van der Waals surface area contributed by atoms with Crippen molar-refractivity contribution in [3.8, 4) is 0 Å². The molecular weight excluding hydrogens is 278 g/mol. The largest absolute Gasteiger partial charge is 0.362 e. The van der Waals surface area contributed by atoms with Gasteiger partial charge in [-0.2, -0.15) is 0 Å². The summed E-state index contributed by atoms with van der Waals surface area (Å²) in [7, 11) is 0. The molecule has 0 bridgehead atoms. The Labute approximate surface area is 113 Å². The Morgan fingerprint density at radius 2 is 1.89 bits per heavy atom. The first-order chi connectivity index (χ1) is 8.65. The number of ether oxygens (including phenoxy) is 1. The zero-order chi connectivity index (χ0) is 12.7. The Kier molecular flexibility index (Phi) is 2.93. The van der Waals surface area contributed by atoms with Gasteiger partial charge < -0.3 is 4.74 Å². The average Bonchev–Trinajstić information content (AvgIpc) is 2.74. The molecule has 3 nitrogen and oxygen atoms in total. The van der Waals surface area contributed by atoms with Crippen LogP contribution < -0.4 is 0 Å². The smallest absolute Gasteiger partial charge is 0.224 e. The number of halogens is 3. The van der Waals surface area contributed by atoms with Gasteiger partial charge in [0.05, 0.1) is 12.3 Å². The summed E-state index contributed by atoms with van der Waals surface area (Å²) in [5.74, 6) is -0.296. The van der Waals surface area contributed by atoms with Crippen molar-refractivity contribution in [2.75, 3.05) is 0 Å². The molecule has 1 aliphatic rings. The maximum Gasteiger partial charge on any atom is 0.224 e. The lowest BCUT2D eigenvalue weighted by Crippen LogP contribution is -2.02. The van der Waals surface area contributed by atoms with Crippen LogP contribution in [0.25, 0.3) is 0 Å². The molecule has 6 heteroatoms. The van der Waals surface area contributed by atoms with Crippen LogP contribution in [0.2, 0.25) is 10.4 Å². The van der Waals surface area contributed by atoms with Crippen LogP contribution in [0.3, 0.4) is 0 Å². The first-order valence-electron chi connectivity index (χ1n) is 5.24. The van der Waals surface area contributed by atoms with Crippen molar-refractivity contribution in [3.63, 3.8) is 0 Å². The van der Waals surface area contributed by atoms with Gasteiger partial charge >= 0.3 is 0 Å². The third kappa shape index (κ3) is 1.96. The standard InChI is InChI=1S/C12H7Cl2FN2O/c13-11-8-5-18-10(9(8)16-12(14)17-11)6-1-3-7(15)4-2-6/h1-4,10H,5H2. The number of aromatic nitrogens is 2. The minimum atomic E-state index is -0.376. The molecule has 0 fully saturated rings. The van der Waals surface area contributed by atoms with E-state index < -0.39 is 0 Å². The summed E-state index contributed by atoms with van der Waals surface area (Å²) in [6, 6.07) is 6.06. The van der Waals surface area contributed by atoms with E-state index in [1.54, 1.807) is 12.1 Å². The summed E-state index contributed by atoms with van der Waals surface area (Å²) in [5.41, 5.74) is 2.18. The van der Waals surface area contributed by atoms with Gasteiger partial charge in [-0.1, -0.05) is 23.7 Å². The summed E-state index contributed by atoms with van der Waals surface area (Å²) in [5, 5.41) is 0.381. The first kappa shape index (κ1) is 11.8. The van der Waals surface area contributed by atoms with Gasteiger partial charge in [0.15, 0.2) is 0 Å². The molecule has 1 unspecified atom stereocenters. The fourth-order valence-electron chi connectivity index (χ4n) is 1.93. The highest BCUT2D eigenvalue weighted by Crippen LogP contribution is 2.37. The third-order valence-electron chi connectivity index (χ3n) is 2.78. The fourth-order valence-corrected chi connectivity index (χ4v) is 2.38. The number of rotatable bonds is 1. The molecule has 0 radical (unpaired) electrons. The van der Waals surface area contributed by atoms with Crippen molar-refractivity contribution in [2.24, 2.45) is 0 Å². The van der Waals surface area contributed by atoms with Crippen molar-refractivity contribution < 1.29 is 9.13 Å². The zero-order valence-electron chi connectivity index (χ0n) is 9.03. The van der Waals surface area contributed by atoms with Crippen molar-refractivity contribution >= 4 is 23.2 Å². The predicted octanol–water partition coefficient (Wildman–Crippen LogP) is 3.54. The number of hydrogen-bond acceptors (Lipinski definition) is 3. The van der Waals surface area contributed by atoms with Gasteiger partial charge in [0.1, 0.15) is 17.1 Å². The highest BCUT2D eigenvalue weighted by atomic mass is 35.5. The van der Waals surface area contributed by atoms with Gasteiger partial charge in [-0.05, 0) is 29.3 Å². The molecule has 1 aromatic carbocycles. The van der Waals surface area contributed by atoms with E-state index in [1.807, 2.05) is 0 Å². The summed E-state index contributed by atoms with van der Waals surface area (Å²) in [6.07, 6.45) is -0.376. The number of fused-ring (bicyclic) bond motifs is 1. The normalized spacial score (nSPS) is 17.8. The summed E-state index contributed by atoms with van der Waals surface area (Å²) >= 11 is 11.8. The number of benzene rings is 1. The van der Waals surface area contributed by atoms with Crippen LogP contribution in [-0.4, -0.2) is 9.97 Å². The molecule has 2 heterocycles. The molecule has 0 amide bonds. The molecule has 1 atom stereocenters. The second-order valence-corrected chi connectivity index (χ2v) is 4.59. The molecular formula is C12H7Cl2FN2O. The van der Waals surface area contributed by atoms with E-state index in [0.717, 1.165) is 11.1 Å². The van der Waals surface area contributed by atoms with Crippen LogP contribution in [0.4, 0.5) is 4.39 Å². The molecule has 0 aliphatic carbocycles. The first-order valence-corrected chi connectivity index (χ1v) is 5.99. The Morgan fingerprint density at radius 1 is 1.17 bits per heavy atom. The van der Waals surface area contributed by atoms with E-state index in [-0.39, 0.29) is 17.2 Å². The molecule has 1 aliphatic heterocycles. The van der Waals surface area contributed by atoms with Gasteiger partial charge in [0.25, 0.3) is 0 Å². The van der Waals surface area contributed by atoms with Crippen LogP contribution >= 0.6 is 23.2 Å². The Bertz CT molecular complexity index is 604. The molecule has 18 heavy (non-hydrogen) atoms. The second-order valence-electron chi connectivity index (χ2n) is 3.89. The van der Waals surface area contributed by atoms with E-state index in [9.17, 15) is 4.39 Å². The van der Waals surface area contributed by atoms with Crippen molar-refractivity contribution in [2.45, 2.75) is 12.7 Å². The van der Waals surface area contributed by atoms with E-state index in [2.05, 4.69) is 9.97 Å². The molecule has 0 N–H and O–H groups in total. The summed E-state index contributed by atoms with van der Waals surface area (Å²) < 4.78 is 18.5. The molecule has 1 aromatic heterocycles. The van der Waals surface area contributed by atoms with Gasteiger partial charge in [-0.3, -0.25) is 0 Å². The zero-order valence-corrected chi connectivity index (χ0v) is 10.5. The fraction of sp³-hybridized carbons (Fsp3) is 0.167. The van der Waals surface area contributed by atoms with E-state index in [1.165, 1.54) is 12.1 Å². The molecule has 2 aromatic rings. The summed E-state index contributed by atoms with van der Waals surface area (Å²) in [6.45, 7) is 0.327. The lowest BCUT2D eigenvalue weighted by molar-refractivity contribution is 0.0922.